The van der Waals surface area contributed by atoms with Crippen LogP contribution in [-0.2, 0) is 27.3 Å². The third-order valence-corrected chi connectivity index (χ3v) is 9.47. The smallest absolute Gasteiger partial charge is 0.310 e. The predicted octanol–water partition coefficient (Wildman–Crippen LogP) is 6.30. The highest BCUT2D eigenvalue weighted by Gasteiger charge is 2.22. The molecule has 1 aromatic heterocycles. The third-order valence-electron chi connectivity index (χ3n) is 8.30. The number of nitrogens with zero attached hydrogens (tertiary/aromatic N) is 2. The molecular weight excluding hydrogens is 650 g/mol. The average Bonchev–Trinajstić information content (AvgIpc) is 3.69. The number of fused-ring (bicyclic) bond motifs is 1. The summed E-state index contributed by atoms with van der Waals surface area (Å²) in [6, 6.07) is 20.3. The van der Waals surface area contributed by atoms with Gasteiger partial charge >= 0.3 is 5.97 Å². The molecule has 0 bridgehead atoms. The van der Waals surface area contributed by atoms with E-state index in [4.69, 9.17) is 25.8 Å². The fraction of sp³-hybridized carbons (Fsp3) is 0.378. The molecule has 1 N–H and O–H groups in total. The molecule has 0 saturated carbocycles. The minimum atomic E-state index is -0.412. The highest BCUT2D eigenvalue weighted by Crippen LogP contribution is 2.31. The van der Waals surface area contributed by atoms with Crippen molar-refractivity contribution in [2.45, 2.75) is 39.2 Å². The molecule has 3 aromatic carbocycles. The van der Waals surface area contributed by atoms with E-state index in [2.05, 4.69) is 22.3 Å². The number of ether oxygens (including phenoxy) is 3. The largest absolute Gasteiger partial charge is 0.497 e. The van der Waals surface area contributed by atoms with E-state index in [1.807, 2.05) is 31.2 Å². The van der Waals surface area contributed by atoms with Gasteiger partial charge in [-0.1, -0.05) is 23.7 Å². The van der Waals surface area contributed by atoms with E-state index in [1.165, 1.54) is 30.2 Å². The Bertz CT molecular complexity index is 1720. The number of hydrogen-bond donors (Lipinski definition) is 1. The molecule has 2 heterocycles. The monoisotopic (exact) mass is 691 g/mol. The third kappa shape index (κ3) is 9.55. The summed E-state index contributed by atoms with van der Waals surface area (Å²) in [7, 11) is 1.57. The molecule has 254 valence electrons. The van der Waals surface area contributed by atoms with Crippen molar-refractivity contribution in [3.8, 4) is 11.5 Å². The number of likely N-dealkylation sites (tertiary alicyclic amines) is 1. The van der Waals surface area contributed by atoms with Gasteiger partial charge in [-0.25, -0.2) is 0 Å². The zero-order valence-corrected chi connectivity index (χ0v) is 29.0. The van der Waals surface area contributed by atoms with Crippen LogP contribution in [0.1, 0.15) is 46.4 Å². The number of halogens is 1. The molecule has 11 heteroatoms. The topological polar surface area (TPSA) is 99.1 Å². The molecule has 0 aliphatic carbocycles. The SMILES string of the molecule is COc1ccc2c(c1)c(CC(=O)OCCSCC(=O)NCCCOc1cccc(CN3CCCC3)c1)c(C)n2C(=O)c1ccc(Cl)cc1. The normalized spacial score (nSPS) is 13.1. The van der Waals surface area contributed by atoms with Crippen LogP contribution < -0.4 is 14.8 Å². The summed E-state index contributed by atoms with van der Waals surface area (Å²) in [6.07, 6.45) is 3.25. The highest BCUT2D eigenvalue weighted by atomic mass is 35.5. The maximum Gasteiger partial charge on any atom is 0.310 e. The molecule has 9 nitrogen and oxygen atoms in total. The average molecular weight is 692 g/mol. The van der Waals surface area contributed by atoms with Crippen LogP contribution in [0.2, 0.25) is 5.02 Å². The van der Waals surface area contributed by atoms with Crippen molar-refractivity contribution in [2.24, 2.45) is 0 Å². The molecule has 0 atom stereocenters. The maximum atomic E-state index is 13.5. The second-order valence-corrected chi connectivity index (χ2v) is 13.3. The van der Waals surface area contributed by atoms with Crippen LogP contribution in [0.5, 0.6) is 11.5 Å². The number of methoxy groups -OCH3 is 1. The van der Waals surface area contributed by atoms with Gasteiger partial charge in [0.2, 0.25) is 5.91 Å². The summed E-state index contributed by atoms with van der Waals surface area (Å²) >= 11 is 7.42. The second kappa shape index (κ2) is 17.4. The molecule has 1 fully saturated rings. The zero-order chi connectivity index (χ0) is 33.9. The molecule has 1 amide bonds. The first-order chi connectivity index (χ1) is 23.3. The van der Waals surface area contributed by atoms with Crippen molar-refractivity contribution in [3.63, 3.8) is 0 Å². The summed E-state index contributed by atoms with van der Waals surface area (Å²) in [6.45, 7) is 6.32. The zero-order valence-electron chi connectivity index (χ0n) is 27.5. The lowest BCUT2D eigenvalue weighted by molar-refractivity contribution is -0.142. The minimum absolute atomic E-state index is 0.00758. The second-order valence-electron chi connectivity index (χ2n) is 11.7. The quantitative estimate of drug-likeness (QED) is 0.108. The summed E-state index contributed by atoms with van der Waals surface area (Å²) in [5.74, 6) is 1.53. The van der Waals surface area contributed by atoms with Crippen LogP contribution in [0.15, 0.2) is 66.7 Å². The summed E-state index contributed by atoms with van der Waals surface area (Å²) in [5.41, 5.74) is 3.76. The molecule has 1 aliphatic heterocycles. The van der Waals surface area contributed by atoms with Gasteiger partial charge in [0.1, 0.15) is 18.1 Å². The summed E-state index contributed by atoms with van der Waals surface area (Å²) in [5, 5.41) is 4.20. The van der Waals surface area contributed by atoms with Crippen LogP contribution in [0.25, 0.3) is 10.9 Å². The number of esters is 1. The van der Waals surface area contributed by atoms with Gasteiger partial charge in [0.15, 0.2) is 0 Å². The first kappa shape index (κ1) is 35.3. The lowest BCUT2D eigenvalue weighted by atomic mass is 10.1. The lowest BCUT2D eigenvalue weighted by Gasteiger charge is -2.15. The Morgan fingerprint density at radius 2 is 1.75 bits per heavy atom. The number of rotatable bonds is 16. The standard InChI is InChI=1S/C37H42ClN3O6S/c1-26-32(33-22-30(45-2)13-14-34(33)41(26)37(44)28-9-11-29(38)12-10-28)23-36(43)47-19-20-48-25-35(42)39-15-6-18-46-31-8-5-7-27(21-31)24-40-16-3-4-17-40/h5,7-14,21-22H,3-4,6,15-20,23-25H2,1-2H3,(H,39,42). The van der Waals surface area contributed by atoms with E-state index < -0.39 is 5.97 Å². The number of amides is 1. The van der Waals surface area contributed by atoms with Gasteiger partial charge in [0.25, 0.3) is 5.91 Å². The molecule has 0 unspecified atom stereocenters. The van der Waals surface area contributed by atoms with Crippen molar-refractivity contribution in [2.75, 3.05) is 51.5 Å². The first-order valence-electron chi connectivity index (χ1n) is 16.2. The van der Waals surface area contributed by atoms with Crippen molar-refractivity contribution in [1.29, 1.82) is 0 Å². The first-order valence-corrected chi connectivity index (χ1v) is 17.8. The number of aromatic nitrogens is 1. The van der Waals surface area contributed by atoms with Crippen LogP contribution in [0, 0.1) is 6.92 Å². The van der Waals surface area contributed by atoms with Crippen LogP contribution >= 0.6 is 23.4 Å². The van der Waals surface area contributed by atoms with Crippen molar-refractivity contribution in [1.82, 2.24) is 14.8 Å². The van der Waals surface area contributed by atoms with Crippen LogP contribution in [0.4, 0.5) is 0 Å². The van der Waals surface area contributed by atoms with E-state index in [9.17, 15) is 14.4 Å². The van der Waals surface area contributed by atoms with Gasteiger partial charge in [-0.2, -0.15) is 0 Å². The van der Waals surface area contributed by atoms with Gasteiger partial charge in [0.05, 0.1) is 31.4 Å². The molecular formula is C37H42ClN3O6S. The molecule has 0 radical (unpaired) electrons. The number of nitrogens with one attached hydrogen (secondary N) is 1. The number of thioether (sulfide) groups is 1. The Balaban J connectivity index is 1.02. The van der Waals surface area contributed by atoms with Gasteiger partial charge in [-0.3, -0.25) is 23.9 Å². The van der Waals surface area contributed by atoms with Crippen molar-refractivity contribution >= 4 is 52.0 Å². The summed E-state index contributed by atoms with van der Waals surface area (Å²) in [4.78, 5) is 41.1. The Kier molecular flexibility index (Phi) is 12.8. The van der Waals surface area contributed by atoms with E-state index in [0.717, 1.165) is 30.8 Å². The predicted molar refractivity (Wildman–Crippen MR) is 190 cm³/mol. The molecule has 1 aliphatic rings. The van der Waals surface area contributed by atoms with Crippen LogP contribution in [-0.4, -0.2) is 78.7 Å². The number of hydrogen-bond acceptors (Lipinski definition) is 8. The Morgan fingerprint density at radius 1 is 0.958 bits per heavy atom. The van der Waals surface area contributed by atoms with E-state index in [-0.39, 0.29) is 30.6 Å². The number of carbonyl (C=O) groups is 3. The number of carbonyl (C=O) groups excluding carboxylic acids is 3. The van der Waals surface area contributed by atoms with E-state index in [1.54, 1.807) is 42.0 Å². The van der Waals surface area contributed by atoms with Crippen molar-refractivity contribution < 1.29 is 28.6 Å². The molecule has 4 aromatic rings. The molecule has 5 rings (SSSR count). The Hall–Kier alpha value is -3.99. The fourth-order valence-corrected chi connectivity index (χ4v) is 6.60. The van der Waals surface area contributed by atoms with Crippen molar-refractivity contribution in [3.05, 3.63) is 94.1 Å². The van der Waals surface area contributed by atoms with Gasteiger partial charge in [-0.15, -0.1) is 11.8 Å². The molecule has 48 heavy (non-hydrogen) atoms. The molecule has 0 spiro atoms. The van der Waals surface area contributed by atoms with Gasteiger partial charge < -0.3 is 19.5 Å². The highest BCUT2D eigenvalue weighted by molar-refractivity contribution is 7.99. The van der Waals surface area contributed by atoms with Crippen LogP contribution in [0.3, 0.4) is 0 Å². The molecule has 1 saturated heterocycles. The fourth-order valence-electron chi connectivity index (χ4n) is 5.84. The summed E-state index contributed by atoms with van der Waals surface area (Å²) < 4.78 is 18.4. The van der Waals surface area contributed by atoms with E-state index in [0.29, 0.717) is 58.4 Å². The number of benzene rings is 3. The van der Waals surface area contributed by atoms with E-state index >= 15 is 0 Å². The Labute approximate surface area is 290 Å². The minimum Gasteiger partial charge on any atom is -0.497 e. The lowest BCUT2D eigenvalue weighted by Crippen LogP contribution is -2.27. The van der Waals surface area contributed by atoms with Gasteiger partial charge in [0, 0.05) is 40.5 Å². The maximum absolute atomic E-state index is 13.5. The van der Waals surface area contributed by atoms with Gasteiger partial charge in [-0.05, 0) is 105 Å². The Morgan fingerprint density at radius 3 is 2.52 bits per heavy atom.